The molecule has 5 heteroatoms. The number of carboxylic acids is 1. The molecule has 0 aromatic rings. The molecule has 1 amide bonds. The fraction of sp³-hybridized carbons (Fsp3) is 0.875. The van der Waals surface area contributed by atoms with Gasteiger partial charge in [0.15, 0.2) is 0 Å². The van der Waals surface area contributed by atoms with Crippen molar-refractivity contribution in [2.24, 2.45) is 5.41 Å². The molecule has 0 saturated heterocycles. The van der Waals surface area contributed by atoms with Crippen LogP contribution in [0.15, 0.2) is 0 Å². The van der Waals surface area contributed by atoms with Crippen molar-refractivity contribution < 1.29 is 14.7 Å². The first-order valence-electron chi connectivity index (χ1n) is 7.99. The predicted octanol–water partition coefficient (Wildman–Crippen LogP) is 2.26. The molecular weight excluding hydrogens is 268 g/mol. The van der Waals surface area contributed by atoms with E-state index >= 15 is 0 Å². The molecule has 0 heterocycles. The van der Waals surface area contributed by atoms with Gasteiger partial charge in [0, 0.05) is 12.5 Å². The number of nitrogens with zero attached hydrogens (tertiary/aromatic N) is 1. The molecule has 5 nitrogen and oxygen atoms in total. The SMILES string of the molecule is CC(CCN(C)C)NC(=O)CC1(CC(=O)O)CCCCC1. The molecule has 1 saturated carbocycles. The lowest BCUT2D eigenvalue weighted by Gasteiger charge is -2.35. The summed E-state index contributed by atoms with van der Waals surface area (Å²) in [6.45, 7) is 2.94. The molecular formula is C16H30N2O3. The second-order valence-corrected chi connectivity index (χ2v) is 6.87. The third-order valence-corrected chi connectivity index (χ3v) is 4.39. The molecule has 2 N–H and O–H groups in total. The number of hydrogen-bond donors (Lipinski definition) is 2. The second-order valence-electron chi connectivity index (χ2n) is 6.87. The molecule has 0 aromatic carbocycles. The smallest absolute Gasteiger partial charge is 0.303 e. The molecule has 1 aliphatic rings. The molecule has 1 atom stereocenters. The van der Waals surface area contributed by atoms with Crippen LogP contribution >= 0.6 is 0 Å². The van der Waals surface area contributed by atoms with Gasteiger partial charge in [-0.2, -0.15) is 0 Å². The molecule has 0 aliphatic heterocycles. The summed E-state index contributed by atoms with van der Waals surface area (Å²) in [5, 5.41) is 12.2. The fourth-order valence-electron chi connectivity index (χ4n) is 3.23. The van der Waals surface area contributed by atoms with Crippen LogP contribution in [0.2, 0.25) is 0 Å². The van der Waals surface area contributed by atoms with Crippen molar-refractivity contribution in [3.05, 3.63) is 0 Å². The number of aliphatic carboxylic acids is 1. The van der Waals surface area contributed by atoms with Gasteiger partial charge in [0.05, 0.1) is 6.42 Å². The number of amides is 1. The molecule has 0 bridgehead atoms. The quantitative estimate of drug-likeness (QED) is 0.721. The van der Waals surface area contributed by atoms with E-state index in [4.69, 9.17) is 5.11 Å². The van der Waals surface area contributed by atoms with E-state index in [0.717, 1.165) is 45.1 Å². The highest BCUT2D eigenvalue weighted by Crippen LogP contribution is 2.42. The maximum Gasteiger partial charge on any atom is 0.303 e. The zero-order valence-corrected chi connectivity index (χ0v) is 13.7. The van der Waals surface area contributed by atoms with Crippen LogP contribution in [0.4, 0.5) is 0 Å². The largest absolute Gasteiger partial charge is 0.481 e. The summed E-state index contributed by atoms with van der Waals surface area (Å²) in [6, 6.07) is 0.130. The van der Waals surface area contributed by atoms with Crippen LogP contribution in [0.5, 0.6) is 0 Å². The Morgan fingerprint density at radius 2 is 1.81 bits per heavy atom. The second kappa shape index (κ2) is 8.37. The number of carbonyl (C=O) groups excluding carboxylic acids is 1. The van der Waals surface area contributed by atoms with Crippen LogP contribution in [0.3, 0.4) is 0 Å². The van der Waals surface area contributed by atoms with Gasteiger partial charge in [-0.05, 0) is 52.2 Å². The highest BCUT2D eigenvalue weighted by Gasteiger charge is 2.36. The van der Waals surface area contributed by atoms with Crippen LogP contribution in [0, 0.1) is 5.41 Å². The van der Waals surface area contributed by atoms with Gasteiger partial charge in [-0.1, -0.05) is 19.3 Å². The molecule has 122 valence electrons. The van der Waals surface area contributed by atoms with Crippen LogP contribution in [-0.2, 0) is 9.59 Å². The molecule has 1 rings (SSSR count). The van der Waals surface area contributed by atoms with Crippen molar-refractivity contribution in [2.75, 3.05) is 20.6 Å². The molecule has 0 aromatic heterocycles. The first kappa shape index (κ1) is 18.0. The molecule has 0 spiro atoms. The fourth-order valence-corrected chi connectivity index (χ4v) is 3.23. The highest BCUT2D eigenvalue weighted by atomic mass is 16.4. The van der Waals surface area contributed by atoms with Gasteiger partial charge >= 0.3 is 5.97 Å². The molecule has 21 heavy (non-hydrogen) atoms. The number of carbonyl (C=O) groups is 2. The standard InChI is InChI=1S/C16H30N2O3/c1-13(7-10-18(2)3)17-14(19)11-16(12-15(20)21)8-5-4-6-9-16/h13H,4-12H2,1-3H3,(H,17,19)(H,20,21). The molecule has 1 fully saturated rings. The summed E-state index contributed by atoms with van der Waals surface area (Å²) in [4.78, 5) is 25.4. The average Bonchev–Trinajstić information content (AvgIpc) is 2.35. The Labute approximate surface area is 128 Å². The predicted molar refractivity (Wildman–Crippen MR) is 83.2 cm³/mol. The van der Waals surface area contributed by atoms with Gasteiger partial charge < -0.3 is 15.3 Å². The van der Waals surface area contributed by atoms with Gasteiger partial charge in [-0.15, -0.1) is 0 Å². The van der Waals surface area contributed by atoms with Crippen molar-refractivity contribution in [2.45, 2.75) is 64.3 Å². The van der Waals surface area contributed by atoms with Crippen molar-refractivity contribution in [1.29, 1.82) is 0 Å². The zero-order valence-electron chi connectivity index (χ0n) is 13.7. The minimum absolute atomic E-state index is 0.00408. The number of carboxylic acid groups (broad SMARTS) is 1. The number of nitrogens with one attached hydrogen (secondary N) is 1. The average molecular weight is 298 g/mol. The molecule has 1 unspecified atom stereocenters. The summed E-state index contributed by atoms with van der Waals surface area (Å²) in [5.41, 5.74) is -0.324. The Balaban J connectivity index is 2.50. The third kappa shape index (κ3) is 6.93. The van der Waals surface area contributed by atoms with E-state index in [2.05, 4.69) is 10.2 Å². The van der Waals surface area contributed by atoms with Gasteiger partial charge in [-0.25, -0.2) is 0 Å². The lowest BCUT2D eigenvalue weighted by molar-refractivity contribution is -0.141. The van der Waals surface area contributed by atoms with Crippen LogP contribution in [-0.4, -0.2) is 48.6 Å². The highest BCUT2D eigenvalue weighted by molar-refractivity contribution is 5.78. The minimum atomic E-state index is -0.787. The van der Waals surface area contributed by atoms with Gasteiger partial charge in [0.2, 0.25) is 5.91 Å². The Bertz CT molecular complexity index is 349. The van der Waals surface area contributed by atoms with Gasteiger partial charge in [-0.3, -0.25) is 9.59 Å². The summed E-state index contributed by atoms with van der Waals surface area (Å²) < 4.78 is 0. The minimum Gasteiger partial charge on any atom is -0.481 e. The van der Waals surface area contributed by atoms with E-state index in [9.17, 15) is 9.59 Å². The van der Waals surface area contributed by atoms with E-state index in [1.807, 2.05) is 21.0 Å². The first-order valence-corrected chi connectivity index (χ1v) is 7.99. The van der Waals surface area contributed by atoms with Gasteiger partial charge in [0.1, 0.15) is 0 Å². The van der Waals surface area contributed by atoms with Crippen molar-refractivity contribution in [1.82, 2.24) is 10.2 Å². The summed E-state index contributed by atoms with van der Waals surface area (Å²) in [7, 11) is 4.02. The number of rotatable bonds is 8. The van der Waals surface area contributed by atoms with Crippen molar-refractivity contribution in [3.63, 3.8) is 0 Å². The lowest BCUT2D eigenvalue weighted by Crippen LogP contribution is -2.39. The van der Waals surface area contributed by atoms with Crippen molar-refractivity contribution >= 4 is 11.9 Å². The van der Waals surface area contributed by atoms with Gasteiger partial charge in [0.25, 0.3) is 0 Å². The monoisotopic (exact) mass is 298 g/mol. The summed E-state index contributed by atoms with van der Waals surface area (Å²) >= 11 is 0. The topological polar surface area (TPSA) is 69.6 Å². The maximum atomic E-state index is 12.2. The third-order valence-electron chi connectivity index (χ3n) is 4.39. The van der Waals surface area contributed by atoms with E-state index in [0.29, 0.717) is 6.42 Å². The van der Waals surface area contributed by atoms with E-state index in [1.165, 1.54) is 0 Å². The Morgan fingerprint density at radius 3 is 2.33 bits per heavy atom. The Kier molecular flexibility index (Phi) is 7.15. The van der Waals surface area contributed by atoms with Crippen LogP contribution in [0.1, 0.15) is 58.3 Å². The molecule has 0 radical (unpaired) electrons. The van der Waals surface area contributed by atoms with E-state index < -0.39 is 5.97 Å². The van der Waals surface area contributed by atoms with Crippen LogP contribution < -0.4 is 5.32 Å². The zero-order chi connectivity index (χ0) is 15.9. The maximum absolute atomic E-state index is 12.2. The lowest BCUT2D eigenvalue weighted by atomic mass is 9.69. The van der Waals surface area contributed by atoms with E-state index in [-0.39, 0.29) is 23.8 Å². The van der Waals surface area contributed by atoms with Crippen molar-refractivity contribution in [3.8, 4) is 0 Å². The van der Waals surface area contributed by atoms with Crippen LogP contribution in [0.25, 0.3) is 0 Å². The summed E-state index contributed by atoms with van der Waals surface area (Å²) in [5.74, 6) is -0.783. The Hall–Kier alpha value is -1.10. The number of hydrogen-bond acceptors (Lipinski definition) is 3. The molecule has 1 aliphatic carbocycles. The summed E-state index contributed by atoms with van der Waals surface area (Å²) in [6.07, 6.45) is 6.33. The first-order chi connectivity index (χ1) is 9.83. The van der Waals surface area contributed by atoms with E-state index in [1.54, 1.807) is 0 Å². The normalized spacial score (nSPS) is 19.2. The Morgan fingerprint density at radius 1 is 1.19 bits per heavy atom.